The zero-order valence-corrected chi connectivity index (χ0v) is 14.4. The highest BCUT2D eigenvalue weighted by molar-refractivity contribution is 7.89. The van der Waals surface area contributed by atoms with Gasteiger partial charge in [-0.15, -0.1) is 11.3 Å². The van der Waals surface area contributed by atoms with Gasteiger partial charge in [0.2, 0.25) is 10.0 Å². The van der Waals surface area contributed by atoms with Crippen molar-refractivity contribution in [2.24, 2.45) is 11.1 Å². The van der Waals surface area contributed by atoms with Crippen LogP contribution in [0, 0.1) is 5.92 Å². The third-order valence-corrected chi connectivity index (χ3v) is 5.66. The van der Waals surface area contributed by atoms with Crippen molar-refractivity contribution in [2.75, 3.05) is 18.8 Å². The van der Waals surface area contributed by atoms with E-state index in [9.17, 15) is 13.2 Å². The minimum absolute atomic E-state index is 0.0688. The van der Waals surface area contributed by atoms with E-state index >= 15 is 0 Å². The van der Waals surface area contributed by atoms with Gasteiger partial charge in [-0.25, -0.2) is 23.3 Å². The molecule has 0 aliphatic carbocycles. The molecule has 2 heterocycles. The number of rotatable bonds is 5. The molecule has 7 nitrogen and oxygen atoms in total. The molecule has 1 saturated heterocycles. The standard InChI is InChI=1S/C13H22N4O3S2/c1-9(2)12-16-11(7-21-12)5-15-13(18)17-4-3-10(6-17)8-22(14,19)20/h7,9-10H,3-6,8H2,1-2H3,(H,15,18)(H2,14,19,20)/t10-/m0/s1. The van der Waals surface area contributed by atoms with Crippen LogP contribution < -0.4 is 10.5 Å². The molecule has 0 radical (unpaired) electrons. The number of sulfonamides is 1. The Balaban J connectivity index is 1.80. The largest absolute Gasteiger partial charge is 0.332 e. The minimum Gasteiger partial charge on any atom is -0.332 e. The summed E-state index contributed by atoms with van der Waals surface area (Å²) >= 11 is 1.59. The average Bonchev–Trinajstić information content (AvgIpc) is 3.02. The molecule has 1 aliphatic rings. The Morgan fingerprint density at radius 3 is 2.91 bits per heavy atom. The van der Waals surface area contributed by atoms with Crippen LogP contribution in [0.1, 0.15) is 36.9 Å². The van der Waals surface area contributed by atoms with E-state index in [4.69, 9.17) is 5.14 Å². The number of carbonyl (C=O) groups excluding carboxylic acids is 1. The number of carbonyl (C=O) groups is 1. The Kier molecular flexibility index (Phi) is 5.41. The van der Waals surface area contributed by atoms with Crippen molar-refractivity contribution in [1.82, 2.24) is 15.2 Å². The van der Waals surface area contributed by atoms with Crippen molar-refractivity contribution in [3.8, 4) is 0 Å². The SMILES string of the molecule is CC(C)c1nc(CNC(=O)N2CC[C@H](CS(N)(=O)=O)C2)cs1. The lowest BCUT2D eigenvalue weighted by molar-refractivity contribution is 0.207. The van der Waals surface area contributed by atoms with E-state index in [0.717, 1.165) is 10.7 Å². The van der Waals surface area contributed by atoms with Crippen LogP contribution >= 0.6 is 11.3 Å². The lowest BCUT2D eigenvalue weighted by Gasteiger charge is -2.16. The second-order valence-electron chi connectivity index (χ2n) is 5.92. The summed E-state index contributed by atoms with van der Waals surface area (Å²) in [6.45, 7) is 5.53. The molecular weight excluding hydrogens is 324 g/mol. The highest BCUT2D eigenvalue weighted by atomic mass is 32.2. The summed E-state index contributed by atoms with van der Waals surface area (Å²) in [5.74, 6) is 0.236. The van der Waals surface area contributed by atoms with Gasteiger partial charge in [0.25, 0.3) is 0 Å². The molecule has 1 aromatic heterocycles. The zero-order chi connectivity index (χ0) is 16.3. The molecule has 1 fully saturated rings. The maximum atomic E-state index is 12.1. The molecule has 0 bridgehead atoms. The Morgan fingerprint density at radius 2 is 2.32 bits per heavy atom. The molecule has 1 aromatic rings. The molecule has 22 heavy (non-hydrogen) atoms. The van der Waals surface area contributed by atoms with Crippen LogP contribution in [0.2, 0.25) is 0 Å². The molecule has 1 atom stereocenters. The molecule has 0 aromatic carbocycles. The van der Waals surface area contributed by atoms with Crippen molar-refractivity contribution in [2.45, 2.75) is 32.7 Å². The first kappa shape index (κ1) is 17.2. The van der Waals surface area contributed by atoms with Crippen LogP contribution in [-0.4, -0.2) is 43.2 Å². The van der Waals surface area contributed by atoms with Gasteiger partial charge in [0.15, 0.2) is 0 Å². The highest BCUT2D eigenvalue weighted by Crippen LogP contribution is 2.20. The summed E-state index contributed by atoms with van der Waals surface area (Å²) in [5.41, 5.74) is 0.849. The third-order valence-electron chi connectivity index (χ3n) is 3.53. The summed E-state index contributed by atoms with van der Waals surface area (Å²) in [7, 11) is -3.48. The number of aromatic nitrogens is 1. The number of urea groups is 1. The van der Waals surface area contributed by atoms with E-state index in [1.165, 1.54) is 0 Å². The Labute approximate surface area is 135 Å². The Morgan fingerprint density at radius 1 is 1.59 bits per heavy atom. The van der Waals surface area contributed by atoms with Gasteiger partial charge in [0.1, 0.15) is 0 Å². The predicted octanol–water partition coefficient (Wildman–Crippen LogP) is 1.09. The van der Waals surface area contributed by atoms with E-state index in [0.29, 0.717) is 32.0 Å². The van der Waals surface area contributed by atoms with Crippen LogP contribution in [0.3, 0.4) is 0 Å². The first-order valence-electron chi connectivity index (χ1n) is 7.22. The topological polar surface area (TPSA) is 105 Å². The van der Waals surface area contributed by atoms with Crippen molar-refractivity contribution >= 4 is 27.4 Å². The molecule has 0 unspecified atom stereocenters. The van der Waals surface area contributed by atoms with Crippen molar-refractivity contribution < 1.29 is 13.2 Å². The van der Waals surface area contributed by atoms with Gasteiger partial charge in [-0.2, -0.15) is 0 Å². The first-order chi connectivity index (χ1) is 10.2. The molecule has 0 saturated carbocycles. The van der Waals surface area contributed by atoms with Crippen molar-refractivity contribution in [3.63, 3.8) is 0 Å². The molecule has 1 aliphatic heterocycles. The van der Waals surface area contributed by atoms with Gasteiger partial charge in [-0.1, -0.05) is 13.8 Å². The summed E-state index contributed by atoms with van der Waals surface area (Å²) in [6.07, 6.45) is 0.665. The number of hydrogen-bond donors (Lipinski definition) is 2. The van der Waals surface area contributed by atoms with E-state index in [-0.39, 0.29) is 17.7 Å². The molecule has 3 N–H and O–H groups in total. The molecular formula is C13H22N4O3S2. The quantitative estimate of drug-likeness (QED) is 0.832. The number of nitrogens with two attached hydrogens (primary N) is 1. The summed E-state index contributed by atoms with van der Waals surface area (Å²) < 4.78 is 22.2. The van der Waals surface area contributed by atoms with Gasteiger partial charge >= 0.3 is 6.03 Å². The molecule has 0 spiro atoms. The minimum atomic E-state index is -3.48. The molecule has 2 rings (SSSR count). The second-order valence-corrected chi connectivity index (χ2v) is 8.47. The van der Waals surface area contributed by atoms with Crippen LogP contribution in [0.15, 0.2) is 5.38 Å². The molecule has 124 valence electrons. The molecule has 9 heteroatoms. The van der Waals surface area contributed by atoms with Crippen LogP contribution in [0.25, 0.3) is 0 Å². The highest BCUT2D eigenvalue weighted by Gasteiger charge is 2.28. The number of nitrogens with one attached hydrogen (secondary N) is 1. The van der Waals surface area contributed by atoms with Crippen molar-refractivity contribution in [1.29, 1.82) is 0 Å². The smallest absolute Gasteiger partial charge is 0.317 e. The average molecular weight is 346 g/mol. The fourth-order valence-electron chi connectivity index (χ4n) is 2.43. The lowest BCUT2D eigenvalue weighted by Crippen LogP contribution is -2.38. The number of amides is 2. The number of nitrogens with zero attached hydrogens (tertiary/aromatic N) is 2. The second kappa shape index (κ2) is 6.93. The van der Waals surface area contributed by atoms with E-state index in [1.54, 1.807) is 16.2 Å². The summed E-state index contributed by atoms with van der Waals surface area (Å²) in [5, 5.41) is 10.9. The van der Waals surface area contributed by atoms with Crippen LogP contribution in [-0.2, 0) is 16.6 Å². The Hall–Kier alpha value is -1.19. The number of thiazole rings is 1. The van der Waals surface area contributed by atoms with E-state index in [2.05, 4.69) is 24.1 Å². The monoisotopic (exact) mass is 346 g/mol. The van der Waals surface area contributed by atoms with Gasteiger partial charge in [0.05, 0.1) is 23.0 Å². The van der Waals surface area contributed by atoms with Crippen molar-refractivity contribution in [3.05, 3.63) is 16.1 Å². The number of likely N-dealkylation sites (tertiary alicyclic amines) is 1. The zero-order valence-electron chi connectivity index (χ0n) is 12.8. The van der Waals surface area contributed by atoms with Gasteiger partial charge in [0, 0.05) is 24.4 Å². The van der Waals surface area contributed by atoms with Gasteiger partial charge < -0.3 is 10.2 Å². The van der Waals surface area contributed by atoms with Gasteiger partial charge in [-0.3, -0.25) is 0 Å². The maximum absolute atomic E-state index is 12.1. The predicted molar refractivity (Wildman–Crippen MR) is 86.1 cm³/mol. The van der Waals surface area contributed by atoms with Crippen LogP contribution in [0.5, 0.6) is 0 Å². The van der Waals surface area contributed by atoms with Crippen LogP contribution in [0.4, 0.5) is 4.79 Å². The third kappa shape index (κ3) is 4.92. The number of hydrogen-bond acceptors (Lipinski definition) is 5. The summed E-state index contributed by atoms with van der Waals surface area (Å²) in [6, 6.07) is -0.184. The normalized spacial score (nSPS) is 18.9. The lowest BCUT2D eigenvalue weighted by atomic mass is 10.2. The fourth-order valence-corrected chi connectivity index (χ4v) is 4.19. The maximum Gasteiger partial charge on any atom is 0.317 e. The molecule has 2 amide bonds. The Bertz CT molecular complexity index is 627. The van der Waals surface area contributed by atoms with Gasteiger partial charge in [-0.05, 0) is 12.3 Å². The van der Waals surface area contributed by atoms with E-state index < -0.39 is 10.0 Å². The fraction of sp³-hybridized carbons (Fsp3) is 0.692. The first-order valence-corrected chi connectivity index (χ1v) is 9.81. The summed E-state index contributed by atoms with van der Waals surface area (Å²) in [4.78, 5) is 18.2. The number of primary sulfonamides is 1. The van der Waals surface area contributed by atoms with E-state index in [1.807, 2.05) is 5.38 Å².